The average molecular weight is 266 g/mol. The highest BCUT2D eigenvalue weighted by atomic mass is 16.5. The van der Waals surface area contributed by atoms with Crippen molar-refractivity contribution >= 4 is 0 Å². The Morgan fingerprint density at radius 3 is 2.95 bits per heavy atom. The number of hydrogen-bond acceptors (Lipinski definition) is 3. The Bertz CT molecular complexity index is 401. The molecule has 108 valence electrons. The lowest BCUT2D eigenvalue weighted by Crippen LogP contribution is -2.24. The van der Waals surface area contributed by atoms with E-state index in [-0.39, 0.29) is 0 Å². The van der Waals surface area contributed by atoms with Gasteiger partial charge in [0.25, 0.3) is 0 Å². The van der Waals surface area contributed by atoms with Gasteiger partial charge in [-0.15, -0.1) is 0 Å². The number of ether oxygens (including phenoxy) is 1. The van der Waals surface area contributed by atoms with Crippen LogP contribution in [-0.4, -0.2) is 34.0 Å². The maximum atomic E-state index is 10.1. The first-order valence-corrected chi connectivity index (χ1v) is 7.53. The van der Waals surface area contributed by atoms with E-state index >= 15 is 0 Å². The van der Waals surface area contributed by atoms with Gasteiger partial charge in [-0.05, 0) is 39.0 Å². The summed E-state index contributed by atoms with van der Waals surface area (Å²) in [4.78, 5) is 4.62. The van der Waals surface area contributed by atoms with Crippen LogP contribution < -0.4 is 0 Å². The molecule has 2 rings (SSSR count). The lowest BCUT2D eigenvalue weighted by molar-refractivity contribution is 0.0264. The van der Waals surface area contributed by atoms with Crippen molar-refractivity contribution in [2.24, 2.45) is 0 Å². The van der Waals surface area contributed by atoms with Crippen LogP contribution in [0.1, 0.15) is 49.8 Å². The summed E-state index contributed by atoms with van der Waals surface area (Å²) in [6.07, 6.45) is 6.42. The summed E-state index contributed by atoms with van der Waals surface area (Å²) in [5.74, 6) is 1.03. The average Bonchev–Trinajstić information content (AvgIpc) is 2.72. The molecule has 0 aromatic carbocycles. The van der Waals surface area contributed by atoms with Crippen molar-refractivity contribution in [2.75, 3.05) is 13.2 Å². The first-order valence-electron chi connectivity index (χ1n) is 7.53. The van der Waals surface area contributed by atoms with E-state index in [1.165, 1.54) is 24.2 Å². The van der Waals surface area contributed by atoms with Gasteiger partial charge in [-0.3, -0.25) is 0 Å². The van der Waals surface area contributed by atoms with Crippen molar-refractivity contribution in [3.63, 3.8) is 0 Å². The molecule has 0 fully saturated rings. The second kappa shape index (κ2) is 7.06. The molecule has 1 N–H and O–H groups in total. The zero-order valence-corrected chi connectivity index (χ0v) is 12.2. The van der Waals surface area contributed by atoms with E-state index in [1.54, 1.807) is 0 Å². The zero-order chi connectivity index (χ0) is 13.7. The largest absolute Gasteiger partial charge is 0.389 e. The summed E-state index contributed by atoms with van der Waals surface area (Å²) in [5.41, 5.74) is 2.57. The topological polar surface area (TPSA) is 47.3 Å². The van der Waals surface area contributed by atoms with E-state index in [4.69, 9.17) is 4.74 Å². The number of imidazole rings is 1. The molecule has 0 bridgehead atoms. The minimum Gasteiger partial charge on any atom is -0.389 e. The third-order valence-corrected chi connectivity index (χ3v) is 3.77. The van der Waals surface area contributed by atoms with Crippen LogP contribution in [0.5, 0.6) is 0 Å². The van der Waals surface area contributed by atoms with Gasteiger partial charge in [0.05, 0.1) is 24.9 Å². The number of rotatable bonds is 7. The summed E-state index contributed by atoms with van der Waals surface area (Å²) in [5, 5.41) is 10.1. The Hall–Kier alpha value is -0.870. The van der Waals surface area contributed by atoms with Gasteiger partial charge in [-0.1, -0.05) is 13.3 Å². The Kier molecular flexibility index (Phi) is 5.40. The smallest absolute Gasteiger partial charge is 0.106 e. The van der Waals surface area contributed by atoms with Crippen LogP contribution in [0.25, 0.3) is 0 Å². The Labute approximate surface area is 115 Å². The van der Waals surface area contributed by atoms with Gasteiger partial charge < -0.3 is 14.4 Å². The SMILES string of the molecule is CCCCOCC(O)Cn1c(C)nc2c1CCCC2. The molecular weight excluding hydrogens is 240 g/mol. The van der Waals surface area contributed by atoms with Crippen molar-refractivity contribution in [1.29, 1.82) is 0 Å². The molecule has 0 amide bonds. The fourth-order valence-corrected chi connectivity index (χ4v) is 2.71. The molecule has 4 heteroatoms. The van der Waals surface area contributed by atoms with Crippen molar-refractivity contribution < 1.29 is 9.84 Å². The van der Waals surface area contributed by atoms with Crippen LogP contribution in [0.4, 0.5) is 0 Å². The molecule has 1 aliphatic carbocycles. The highest BCUT2D eigenvalue weighted by molar-refractivity contribution is 5.20. The summed E-state index contributed by atoms with van der Waals surface area (Å²) in [6, 6.07) is 0. The Morgan fingerprint density at radius 2 is 2.16 bits per heavy atom. The maximum Gasteiger partial charge on any atom is 0.106 e. The number of aryl methyl sites for hydroxylation is 2. The number of aliphatic hydroxyl groups excluding tert-OH is 1. The molecule has 1 unspecified atom stereocenters. The molecule has 4 nitrogen and oxygen atoms in total. The molecule has 1 atom stereocenters. The molecule has 0 saturated carbocycles. The van der Waals surface area contributed by atoms with E-state index < -0.39 is 6.10 Å². The van der Waals surface area contributed by atoms with Gasteiger partial charge in [-0.25, -0.2) is 4.98 Å². The van der Waals surface area contributed by atoms with Crippen LogP contribution in [0.2, 0.25) is 0 Å². The Morgan fingerprint density at radius 1 is 1.37 bits per heavy atom. The van der Waals surface area contributed by atoms with E-state index in [1.807, 2.05) is 6.92 Å². The van der Waals surface area contributed by atoms with Crippen LogP contribution in [0, 0.1) is 6.92 Å². The number of unbranched alkanes of at least 4 members (excludes halogenated alkanes) is 1. The lowest BCUT2D eigenvalue weighted by Gasteiger charge is -2.18. The minimum atomic E-state index is -0.434. The van der Waals surface area contributed by atoms with Gasteiger partial charge >= 0.3 is 0 Å². The van der Waals surface area contributed by atoms with Crippen molar-refractivity contribution in [1.82, 2.24) is 9.55 Å². The number of nitrogens with zero attached hydrogens (tertiary/aromatic N) is 2. The molecule has 0 spiro atoms. The second-order valence-corrected chi connectivity index (χ2v) is 5.45. The molecule has 1 heterocycles. The molecule has 0 saturated heterocycles. The fourth-order valence-electron chi connectivity index (χ4n) is 2.71. The van der Waals surface area contributed by atoms with Gasteiger partial charge in [0.1, 0.15) is 5.82 Å². The predicted molar refractivity (Wildman–Crippen MR) is 75.3 cm³/mol. The molecule has 1 aliphatic rings. The highest BCUT2D eigenvalue weighted by Crippen LogP contribution is 2.22. The number of aromatic nitrogens is 2. The first kappa shape index (κ1) is 14.5. The zero-order valence-electron chi connectivity index (χ0n) is 12.2. The van der Waals surface area contributed by atoms with Gasteiger partial charge in [-0.2, -0.15) is 0 Å². The molecule has 0 aliphatic heterocycles. The van der Waals surface area contributed by atoms with Crippen LogP contribution in [0.15, 0.2) is 0 Å². The van der Waals surface area contributed by atoms with E-state index in [9.17, 15) is 5.11 Å². The van der Waals surface area contributed by atoms with Crippen molar-refractivity contribution in [2.45, 2.75) is 65.0 Å². The van der Waals surface area contributed by atoms with Crippen LogP contribution >= 0.6 is 0 Å². The molecule has 19 heavy (non-hydrogen) atoms. The van der Waals surface area contributed by atoms with Gasteiger partial charge in [0, 0.05) is 12.3 Å². The summed E-state index contributed by atoms with van der Waals surface area (Å²) in [6.45, 7) is 5.95. The molecule has 1 aromatic rings. The third kappa shape index (κ3) is 3.80. The number of hydrogen-bond donors (Lipinski definition) is 1. The Balaban J connectivity index is 1.89. The highest BCUT2D eigenvalue weighted by Gasteiger charge is 2.19. The normalized spacial score (nSPS) is 16.4. The monoisotopic (exact) mass is 266 g/mol. The lowest BCUT2D eigenvalue weighted by atomic mass is 10.0. The van der Waals surface area contributed by atoms with E-state index in [0.29, 0.717) is 13.2 Å². The third-order valence-electron chi connectivity index (χ3n) is 3.77. The van der Waals surface area contributed by atoms with Gasteiger partial charge in [0.15, 0.2) is 0 Å². The molecule has 1 aromatic heterocycles. The quantitative estimate of drug-likeness (QED) is 0.770. The minimum absolute atomic E-state index is 0.423. The van der Waals surface area contributed by atoms with Crippen molar-refractivity contribution in [3.05, 3.63) is 17.2 Å². The summed E-state index contributed by atoms with van der Waals surface area (Å²) in [7, 11) is 0. The molecular formula is C15H26N2O2. The molecule has 0 radical (unpaired) electrons. The van der Waals surface area contributed by atoms with Crippen LogP contribution in [0.3, 0.4) is 0 Å². The summed E-state index contributed by atoms with van der Waals surface area (Å²) < 4.78 is 7.67. The maximum absolute atomic E-state index is 10.1. The van der Waals surface area contributed by atoms with Crippen LogP contribution in [-0.2, 0) is 24.1 Å². The number of aliphatic hydroxyl groups is 1. The predicted octanol–water partition coefficient (Wildman–Crippen LogP) is 2.25. The van der Waals surface area contributed by atoms with Crippen molar-refractivity contribution in [3.8, 4) is 0 Å². The standard InChI is InChI=1S/C15H26N2O2/c1-3-4-9-19-11-13(18)10-17-12(2)16-14-7-5-6-8-15(14)17/h13,18H,3-11H2,1-2H3. The van der Waals surface area contributed by atoms with Gasteiger partial charge in [0.2, 0.25) is 0 Å². The fraction of sp³-hybridized carbons (Fsp3) is 0.800. The second-order valence-electron chi connectivity index (χ2n) is 5.45. The number of fused-ring (bicyclic) bond motifs is 1. The first-order chi connectivity index (χ1) is 9.22. The van der Waals surface area contributed by atoms with E-state index in [0.717, 1.165) is 38.1 Å². The van der Waals surface area contributed by atoms with E-state index in [2.05, 4.69) is 16.5 Å². The summed E-state index contributed by atoms with van der Waals surface area (Å²) >= 11 is 0.